The highest BCUT2D eigenvalue weighted by atomic mass is 32.2. The van der Waals surface area contributed by atoms with Gasteiger partial charge in [0.2, 0.25) is 0 Å². The lowest BCUT2D eigenvalue weighted by Gasteiger charge is -2.22. The average Bonchev–Trinajstić information content (AvgIpc) is 2.28. The summed E-state index contributed by atoms with van der Waals surface area (Å²) in [6.07, 6.45) is -9.65. The number of benzene rings is 1. The molecule has 18 heavy (non-hydrogen) atoms. The van der Waals surface area contributed by atoms with Crippen LogP contribution in [0.4, 0.5) is 26.3 Å². The summed E-state index contributed by atoms with van der Waals surface area (Å²) >= 11 is 0.568. The Morgan fingerprint density at radius 1 is 1.00 bits per heavy atom. The van der Waals surface area contributed by atoms with Crippen molar-refractivity contribution in [1.82, 2.24) is 0 Å². The first kappa shape index (κ1) is 15.2. The molecule has 0 aliphatic carbocycles. The average molecular weight is 288 g/mol. The highest BCUT2D eigenvalue weighted by molar-refractivity contribution is 7.98. The molecule has 0 unspecified atom stereocenters. The molecule has 0 heterocycles. The molecular formula is C11H10F6S. The fraction of sp³-hybridized carbons (Fsp3) is 0.455. The van der Waals surface area contributed by atoms with Crippen LogP contribution in [-0.2, 0) is 5.75 Å². The van der Waals surface area contributed by atoms with Crippen LogP contribution in [0.2, 0.25) is 0 Å². The minimum absolute atomic E-state index is 0.112. The second-order valence-corrected chi connectivity index (χ2v) is 4.63. The summed E-state index contributed by atoms with van der Waals surface area (Å²) in [5.41, 5.74) is 0.695. The van der Waals surface area contributed by atoms with Gasteiger partial charge in [0.1, 0.15) is 0 Å². The van der Waals surface area contributed by atoms with E-state index in [4.69, 9.17) is 0 Å². The summed E-state index contributed by atoms with van der Waals surface area (Å²) < 4.78 is 73.8. The molecule has 0 spiro atoms. The van der Waals surface area contributed by atoms with Crippen LogP contribution >= 0.6 is 11.8 Å². The number of alkyl halides is 6. The maximum absolute atomic E-state index is 12.9. The zero-order valence-electron chi connectivity index (χ0n) is 9.05. The van der Waals surface area contributed by atoms with Gasteiger partial charge in [0, 0.05) is 5.75 Å². The topological polar surface area (TPSA) is 0 Å². The van der Waals surface area contributed by atoms with E-state index in [0.29, 0.717) is 17.3 Å². The van der Waals surface area contributed by atoms with Crippen molar-refractivity contribution >= 4 is 11.8 Å². The molecule has 0 amide bonds. The maximum atomic E-state index is 12.9. The maximum Gasteiger partial charge on any atom is 0.425 e. The Hall–Kier alpha value is -0.850. The van der Waals surface area contributed by atoms with E-state index in [0.717, 1.165) is 0 Å². The molecule has 1 rings (SSSR count). The Morgan fingerprint density at radius 2 is 1.56 bits per heavy atom. The van der Waals surface area contributed by atoms with Gasteiger partial charge in [-0.3, -0.25) is 0 Å². The monoisotopic (exact) mass is 288 g/mol. The molecule has 0 aliphatic rings. The van der Waals surface area contributed by atoms with E-state index in [1.807, 2.05) is 0 Å². The fourth-order valence-electron chi connectivity index (χ4n) is 1.19. The molecule has 0 saturated carbocycles. The van der Waals surface area contributed by atoms with Gasteiger partial charge < -0.3 is 0 Å². The molecular weight excluding hydrogens is 278 g/mol. The van der Waals surface area contributed by atoms with Gasteiger partial charge >= 0.3 is 6.18 Å². The first-order chi connectivity index (χ1) is 8.23. The predicted octanol–water partition coefficient (Wildman–Crippen LogP) is 4.46. The van der Waals surface area contributed by atoms with Crippen LogP contribution in [0.15, 0.2) is 30.3 Å². The molecule has 0 aromatic heterocycles. The molecule has 0 fully saturated rings. The summed E-state index contributed by atoms with van der Waals surface area (Å²) in [6.45, 7) is 0. The minimum Gasteiger partial charge on any atom is -0.231 e. The Labute approximate surface area is 104 Å². The Kier molecular flexibility index (Phi) is 4.95. The van der Waals surface area contributed by atoms with Gasteiger partial charge in [-0.2, -0.15) is 24.9 Å². The zero-order valence-corrected chi connectivity index (χ0v) is 9.87. The summed E-state index contributed by atoms with van der Waals surface area (Å²) in [7, 11) is 0. The minimum atomic E-state index is -5.53. The summed E-state index contributed by atoms with van der Waals surface area (Å²) in [6, 6.07) is 8.40. The molecule has 1 atom stereocenters. The van der Waals surface area contributed by atoms with Crippen molar-refractivity contribution < 1.29 is 26.3 Å². The van der Waals surface area contributed by atoms with Crippen LogP contribution in [0.25, 0.3) is 0 Å². The number of halogens is 6. The first-order valence-corrected chi connectivity index (χ1v) is 6.09. The fourth-order valence-corrected chi connectivity index (χ4v) is 2.14. The first-order valence-electron chi connectivity index (χ1n) is 4.94. The van der Waals surface area contributed by atoms with Gasteiger partial charge in [-0.15, -0.1) is 0 Å². The highest BCUT2D eigenvalue weighted by Crippen LogP contribution is 2.37. The molecule has 0 aliphatic heterocycles. The molecule has 0 saturated heterocycles. The van der Waals surface area contributed by atoms with Crippen molar-refractivity contribution in [3.63, 3.8) is 0 Å². The lowest BCUT2D eigenvalue weighted by atomic mass is 10.2. The zero-order chi connectivity index (χ0) is 13.8. The number of thioether (sulfide) groups is 1. The van der Waals surface area contributed by atoms with E-state index in [1.165, 1.54) is 0 Å². The van der Waals surface area contributed by atoms with Crippen LogP contribution in [0.3, 0.4) is 0 Å². The number of hydrogen-bond donors (Lipinski definition) is 0. The lowest BCUT2D eigenvalue weighted by Crippen LogP contribution is -2.43. The standard InChI is InChI=1S/C11H10F6S/c12-9(11(15,16)17)10(13,14)7-18-6-8-4-2-1-3-5-8/h1-5,9H,6-7H2/t9-/m1/s1. The summed E-state index contributed by atoms with van der Waals surface area (Å²) in [4.78, 5) is 0. The Balaban J connectivity index is 2.47. The summed E-state index contributed by atoms with van der Waals surface area (Å²) in [5.74, 6) is -5.50. The Morgan fingerprint density at radius 3 is 2.06 bits per heavy atom. The van der Waals surface area contributed by atoms with Crippen molar-refractivity contribution in [3.05, 3.63) is 35.9 Å². The van der Waals surface area contributed by atoms with Crippen LogP contribution in [0.1, 0.15) is 5.56 Å². The SMILES string of the molecule is F[C@@H](C(F)(F)F)C(F)(F)CSCc1ccccc1. The molecule has 7 heteroatoms. The van der Waals surface area contributed by atoms with Crippen molar-refractivity contribution in [2.24, 2.45) is 0 Å². The highest BCUT2D eigenvalue weighted by Gasteiger charge is 2.56. The molecule has 0 radical (unpaired) electrons. The van der Waals surface area contributed by atoms with Crippen molar-refractivity contribution in [2.45, 2.75) is 24.0 Å². The van der Waals surface area contributed by atoms with Gasteiger partial charge in [0.05, 0.1) is 5.75 Å². The smallest absolute Gasteiger partial charge is 0.231 e. The van der Waals surface area contributed by atoms with Crippen molar-refractivity contribution in [2.75, 3.05) is 5.75 Å². The van der Waals surface area contributed by atoms with Gasteiger partial charge in [-0.25, -0.2) is 13.2 Å². The van der Waals surface area contributed by atoms with E-state index in [9.17, 15) is 26.3 Å². The molecule has 1 aromatic rings. The van der Waals surface area contributed by atoms with E-state index in [2.05, 4.69) is 0 Å². The second kappa shape index (κ2) is 5.86. The van der Waals surface area contributed by atoms with E-state index < -0.39 is 24.0 Å². The predicted molar refractivity (Wildman–Crippen MR) is 58.5 cm³/mol. The quantitative estimate of drug-likeness (QED) is 0.721. The van der Waals surface area contributed by atoms with Gasteiger partial charge in [0.25, 0.3) is 12.1 Å². The third kappa shape index (κ3) is 4.44. The largest absolute Gasteiger partial charge is 0.425 e. The van der Waals surface area contributed by atoms with Crippen molar-refractivity contribution in [1.29, 1.82) is 0 Å². The third-order valence-electron chi connectivity index (χ3n) is 2.06. The van der Waals surface area contributed by atoms with E-state index >= 15 is 0 Å². The normalized spacial score (nSPS) is 14.6. The van der Waals surface area contributed by atoms with Crippen LogP contribution < -0.4 is 0 Å². The lowest BCUT2D eigenvalue weighted by molar-refractivity contribution is -0.237. The number of hydrogen-bond acceptors (Lipinski definition) is 1. The molecule has 0 nitrogen and oxygen atoms in total. The van der Waals surface area contributed by atoms with Crippen LogP contribution in [0, 0.1) is 0 Å². The van der Waals surface area contributed by atoms with Gasteiger partial charge in [-0.1, -0.05) is 30.3 Å². The van der Waals surface area contributed by atoms with Crippen LogP contribution in [0.5, 0.6) is 0 Å². The van der Waals surface area contributed by atoms with Gasteiger partial charge in [0.15, 0.2) is 0 Å². The molecule has 1 aromatic carbocycles. The third-order valence-corrected chi connectivity index (χ3v) is 3.19. The Bertz CT molecular complexity index is 362. The molecule has 0 N–H and O–H groups in total. The molecule has 0 bridgehead atoms. The van der Waals surface area contributed by atoms with Crippen LogP contribution in [-0.4, -0.2) is 24.0 Å². The van der Waals surface area contributed by atoms with Gasteiger partial charge in [-0.05, 0) is 5.56 Å². The molecule has 102 valence electrons. The second-order valence-electron chi connectivity index (χ2n) is 3.64. The number of rotatable bonds is 5. The van der Waals surface area contributed by atoms with Crippen molar-refractivity contribution in [3.8, 4) is 0 Å². The summed E-state index contributed by atoms with van der Waals surface area (Å²) in [5, 5.41) is 0. The van der Waals surface area contributed by atoms with E-state index in [-0.39, 0.29) is 5.75 Å². The van der Waals surface area contributed by atoms with E-state index in [1.54, 1.807) is 30.3 Å².